The molecule has 2 amide bonds. The molecule has 1 fully saturated rings. The number of piperazine rings is 1. The Morgan fingerprint density at radius 3 is 2.13 bits per heavy atom. The van der Waals surface area contributed by atoms with E-state index in [1.165, 1.54) is 15.4 Å². The van der Waals surface area contributed by atoms with Crippen molar-refractivity contribution in [3.05, 3.63) is 59.7 Å². The van der Waals surface area contributed by atoms with E-state index in [0.717, 1.165) is 37.4 Å². The lowest BCUT2D eigenvalue weighted by atomic mass is 10.0. The van der Waals surface area contributed by atoms with Gasteiger partial charge in [0.25, 0.3) is 0 Å². The SMILES string of the molecule is Cc1ccc(NC(=O)C(=O)NC[C@@H](c2ccc(N(C)C)cc2)[NH+]2CC[NH+](C)CC2)cc1. The van der Waals surface area contributed by atoms with E-state index in [9.17, 15) is 9.59 Å². The molecule has 0 spiro atoms. The second-order valence-corrected chi connectivity index (χ2v) is 8.68. The highest BCUT2D eigenvalue weighted by atomic mass is 16.2. The first-order chi connectivity index (χ1) is 14.8. The van der Waals surface area contributed by atoms with Crippen LogP contribution in [0.5, 0.6) is 0 Å². The van der Waals surface area contributed by atoms with Gasteiger partial charge in [0.2, 0.25) is 0 Å². The molecule has 2 aromatic rings. The molecule has 1 aliphatic heterocycles. The lowest BCUT2D eigenvalue weighted by Gasteiger charge is -2.33. The fourth-order valence-corrected chi connectivity index (χ4v) is 3.95. The molecular weight excluding hydrogens is 390 g/mol. The van der Waals surface area contributed by atoms with Gasteiger partial charge >= 0.3 is 11.8 Å². The molecule has 166 valence electrons. The molecule has 31 heavy (non-hydrogen) atoms. The average molecular weight is 426 g/mol. The van der Waals surface area contributed by atoms with E-state index < -0.39 is 11.8 Å². The number of quaternary nitrogens is 2. The first-order valence-electron chi connectivity index (χ1n) is 10.9. The van der Waals surface area contributed by atoms with Crippen molar-refractivity contribution in [1.29, 1.82) is 0 Å². The van der Waals surface area contributed by atoms with E-state index in [2.05, 4.69) is 46.8 Å². The van der Waals surface area contributed by atoms with Gasteiger partial charge in [-0.05, 0) is 31.2 Å². The van der Waals surface area contributed by atoms with Gasteiger partial charge in [-0.1, -0.05) is 29.8 Å². The standard InChI is InChI=1S/C24H33N5O2/c1-18-5-9-20(10-6-18)26-24(31)23(30)25-17-22(29-15-13-28(4)14-16-29)19-7-11-21(12-8-19)27(2)3/h5-12,22H,13-17H2,1-4H3,(H,25,30)(H,26,31)/p+2/t22-/m0/s1. The van der Waals surface area contributed by atoms with Crippen LogP contribution in [-0.2, 0) is 9.59 Å². The minimum Gasteiger partial charge on any atom is -0.378 e. The first-order valence-corrected chi connectivity index (χ1v) is 10.9. The maximum atomic E-state index is 12.5. The zero-order valence-corrected chi connectivity index (χ0v) is 19.0. The van der Waals surface area contributed by atoms with Crippen molar-refractivity contribution in [3.63, 3.8) is 0 Å². The summed E-state index contributed by atoms with van der Waals surface area (Å²) >= 11 is 0. The normalized spacial score (nSPS) is 19.4. The molecule has 0 unspecified atom stereocenters. The Hall–Kier alpha value is -2.90. The Morgan fingerprint density at radius 2 is 1.55 bits per heavy atom. The van der Waals surface area contributed by atoms with E-state index in [-0.39, 0.29) is 6.04 Å². The number of rotatable bonds is 6. The third kappa shape index (κ3) is 6.29. The average Bonchev–Trinajstić information content (AvgIpc) is 2.76. The lowest BCUT2D eigenvalue weighted by molar-refractivity contribution is -1.02. The number of anilines is 2. The number of hydrogen-bond donors (Lipinski definition) is 4. The third-order valence-corrected chi connectivity index (χ3v) is 6.03. The van der Waals surface area contributed by atoms with Crippen molar-refractivity contribution in [2.45, 2.75) is 13.0 Å². The van der Waals surface area contributed by atoms with Gasteiger partial charge in [-0.25, -0.2) is 0 Å². The van der Waals surface area contributed by atoms with E-state index in [4.69, 9.17) is 0 Å². The van der Waals surface area contributed by atoms with E-state index in [0.29, 0.717) is 12.2 Å². The zero-order chi connectivity index (χ0) is 22.4. The van der Waals surface area contributed by atoms with Crippen molar-refractivity contribution < 1.29 is 19.4 Å². The Balaban J connectivity index is 1.66. The monoisotopic (exact) mass is 425 g/mol. The van der Waals surface area contributed by atoms with Crippen molar-refractivity contribution >= 4 is 23.2 Å². The Labute approximate surface area is 185 Å². The number of amides is 2. The molecule has 1 atom stereocenters. The fourth-order valence-electron chi connectivity index (χ4n) is 3.95. The van der Waals surface area contributed by atoms with Gasteiger partial charge < -0.3 is 25.3 Å². The molecule has 0 saturated carbocycles. The lowest BCUT2D eigenvalue weighted by Crippen LogP contribution is -3.27. The molecule has 7 heteroatoms. The number of carbonyl (C=O) groups excluding carboxylic acids is 2. The summed E-state index contributed by atoms with van der Waals surface area (Å²) in [6, 6.07) is 16.0. The molecule has 0 aromatic heterocycles. The van der Waals surface area contributed by atoms with Crippen LogP contribution in [0, 0.1) is 6.92 Å². The summed E-state index contributed by atoms with van der Waals surface area (Å²) in [4.78, 5) is 29.9. The van der Waals surface area contributed by atoms with Gasteiger partial charge in [-0.15, -0.1) is 0 Å². The topological polar surface area (TPSA) is 70.3 Å². The van der Waals surface area contributed by atoms with E-state index in [1.807, 2.05) is 33.2 Å². The van der Waals surface area contributed by atoms with Crippen molar-refractivity contribution in [3.8, 4) is 0 Å². The van der Waals surface area contributed by atoms with Crippen LogP contribution >= 0.6 is 0 Å². The van der Waals surface area contributed by atoms with Gasteiger partial charge in [0, 0.05) is 31.0 Å². The van der Waals surface area contributed by atoms with Crippen LogP contribution in [0.3, 0.4) is 0 Å². The van der Waals surface area contributed by atoms with E-state index >= 15 is 0 Å². The molecule has 0 radical (unpaired) electrons. The van der Waals surface area contributed by atoms with Crippen LogP contribution in [0.2, 0.25) is 0 Å². The van der Waals surface area contributed by atoms with Crippen molar-refractivity contribution in [1.82, 2.24) is 5.32 Å². The number of carbonyl (C=O) groups is 2. The minimum atomic E-state index is -0.636. The predicted molar refractivity (Wildman–Crippen MR) is 124 cm³/mol. The zero-order valence-electron chi connectivity index (χ0n) is 19.0. The predicted octanol–water partition coefficient (Wildman–Crippen LogP) is -0.730. The summed E-state index contributed by atoms with van der Waals surface area (Å²) in [5, 5.41) is 5.54. The maximum Gasteiger partial charge on any atom is 0.313 e. The number of nitrogens with one attached hydrogen (secondary N) is 4. The summed E-state index contributed by atoms with van der Waals surface area (Å²) in [5.74, 6) is -1.24. The largest absolute Gasteiger partial charge is 0.378 e. The number of likely N-dealkylation sites (N-methyl/N-ethyl adjacent to an activating group) is 1. The number of nitrogens with zero attached hydrogens (tertiary/aromatic N) is 1. The highest BCUT2D eigenvalue weighted by Crippen LogP contribution is 2.16. The smallest absolute Gasteiger partial charge is 0.313 e. The quantitative estimate of drug-likeness (QED) is 0.462. The molecular formula is C24H35N5O2+2. The number of aryl methyl sites for hydroxylation is 1. The van der Waals surface area contributed by atoms with Gasteiger partial charge in [0.1, 0.15) is 32.2 Å². The molecule has 2 aromatic carbocycles. The van der Waals surface area contributed by atoms with Crippen LogP contribution < -0.4 is 25.3 Å². The Bertz CT molecular complexity index is 872. The Morgan fingerprint density at radius 1 is 0.935 bits per heavy atom. The van der Waals surface area contributed by atoms with Gasteiger partial charge in [-0.3, -0.25) is 9.59 Å². The van der Waals surface area contributed by atoms with Crippen LogP contribution in [0.4, 0.5) is 11.4 Å². The van der Waals surface area contributed by atoms with Gasteiger partial charge in [0.15, 0.2) is 0 Å². The molecule has 1 aliphatic rings. The van der Waals surface area contributed by atoms with Crippen molar-refractivity contribution in [2.75, 3.05) is 64.1 Å². The molecule has 3 rings (SSSR count). The molecule has 0 aliphatic carbocycles. The summed E-state index contributed by atoms with van der Waals surface area (Å²) in [7, 11) is 6.26. The van der Waals surface area contributed by atoms with Crippen LogP contribution in [0.1, 0.15) is 17.2 Å². The van der Waals surface area contributed by atoms with Crippen LogP contribution in [-0.4, -0.2) is 65.7 Å². The second kappa shape index (κ2) is 10.4. The summed E-state index contributed by atoms with van der Waals surface area (Å²) in [6.45, 7) is 6.68. The molecule has 0 bridgehead atoms. The molecule has 7 nitrogen and oxygen atoms in total. The van der Waals surface area contributed by atoms with Crippen molar-refractivity contribution in [2.24, 2.45) is 0 Å². The summed E-state index contributed by atoms with van der Waals surface area (Å²) in [6.07, 6.45) is 0. The third-order valence-electron chi connectivity index (χ3n) is 6.03. The summed E-state index contributed by atoms with van der Waals surface area (Å²) < 4.78 is 0. The van der Waals surface area contributed by atoms with Crippen LogP contribution in [0.15, 0.2) is 48.5 Å². The highest BCUT2D eigenvalue weighted by molar-refractivity contribution is 6.39. The summed E-state index contributed by atoms with van der Waals surface area (Å²) in [5.41, 5.74) is 4.04. The number of benzene rings is 2. The van der Waals surface area contributed by atoms with E-state index in [1.54, 1.807) is 12.1 Å². The fraction of sp³-hybridized carbons (Fsp3) is 0.417. The van der Waals surface area contributed by atoms with Gasteiger partial charge in [0.05, 0.1) is 13.6 Å². The van der Waals surface area contributed by atoms with Crippen LogP contribution in [0.25, 0.3) is 0 Å². The maximum absolute atomic E-state index is 12.5. The van der Waals surface area contributed by atoms with Gasteiger partial charge in [-0.2, -0.15) is 0 Å². The minimum absolute atomic E-state index is 0.112. The highest BCUT2D eigenvalue weighted by Gasteiger charge is 2.30. The molecule has 4 N–H and O–H groups in total. The Kier molecular flexibility index (Phi) is 7.65. The number of hydrogen-bond acceptors (Lipinski definition) is 3. The first kappa shape index (κ1) is 22.8. The molecule has 1 saturated heterocycles. The second-order valence-electron chi connectivity index (χ2n) is 8.68. The molecule has 1 heterocycles.